The minimum atomic E-state index is -3.77. The molecule has 6 rings (SSSR count). The Morgan fingerprint density at radius 2 is 1.44 bits per heavy atom. The van der Waals surface area contributed by atoms with Crippen molar-refractivity contribution in [1.82, 2.24) is 20.0 Å². The van der Waals surface area contributed by atoms with E-state index in [1.165, 1.54) is 28.9 Å². The highest BCUT2D eigenvalue weighted by molar-refractivity contribution is 7.90. The van der Waals surface area contributed by atoms with Gasteiger partial charge in [0.1, 0.15) is 23.0 Å². The number of oxazole rings is 1. The summed E-state index contributed by atoms with van der Waals surface area (Å²) in [6, 6.07) is 31.3. The summed E-state index contributed by atoms with van der Waals surface area (Å²) in [5.74, 6) is -0.142. The second kappa shape index (κ2) is 10.1. The first-order valence-electron chi connectivity index (χ1n) is 12.1. The van der Waals surface area contributed by atoms with Gasteiger partial charge in [-0.15, -0.1) is 5.10 Å². The Kier molecular flexibility index (Phi) is 6.34. The molecule has 9 heteroatoms. The second-order valence-corrected chi connectivity index (χ2v) is 10.8. The Hall–Kier alpha value is -4.89. The van der Waals surface area contributed by atoms with Crippen molar-refractivity contribution in [2.45, 2.75) is 10.6 Å². The largest absolute Gasteiger partial charge is 0.439 e. The van der Waals surface area contributed by atoms with Crippen LogP contribution in [0, 0.1) is 5.82 Å². The molecule has 0 aliphatic rings. The van der Waals surface area contributed by atoms with Crippen molar-refractivity contribution in [2.75, 3.05) is 0 Å². The molecule has 192 valence electrons. The molecule has 0 spiro atoms. The lowest BCUT2D eigenvalue weighted by atomic mass is 10.1. The van der Waals surface area contributed by atoms with Crippen LogP contribution in [0.25, 0.3) is 39.5 Å². The molecule has 0 bridgehead atoms. The van der Waals surface area contributed by atoms with E-state index < -0.39 is 15.6 Å². The third-order valence-corrected chi connectivity index (χ3v) is 7.76. The third kappa shape index (κ3) is 5.12. The van der Waals surface area contributed by atoms with Gasteiger partial charge in [0.15, 0.2) is 15.6 Å². The molecule has 0 saturated carbocycles. The van der Waals surface area contributed by atoms with Gasteiger partial charge in [-0.25, -0.2) is 22.5 Å². The molecular formula is C30H21FN4O3S. The topological polar surface area (TPSA) is 90.9 Å². The van der Waals surface area contributed by atoms with Crippen LogP contribution in [0.1, 0.15) is 5.89 Å². The summed E-state index contributed by atoms with van der Waals surface area (Å²) in [5, 5.41) is 8.19. The van der Waals surface area contributed by atoms with E-state index in [9.17, 15) is 12.8 Å². The summed E-state index contributed by atoms with van der Waals surface area (Å²) in [6.45, 7) is 0. The van der Waals surface area contributed by atoms with Crippen molar-refractivity contribution in [3.8, 4) is 39.5 Å². The molecule has 2 aromatic heterocycles. The predicted molar refractivity (Wildman–Crippen MR) is 145 cm³/mol. The number of benzene rings is 4. The van der Waals surface area contributed by atoms with Crippen LogP contribution in [0.4, 0.5) is 4.39 Å². The van der Waals surface area contributed by atoms with Crippen molar-refractivity contribution in [3.63, 3.8) is 0 Å². The van der Waals surface area contributed by atoms with E-state index in [2.05, 4.69) is 15.3 Å². The Bertz CT molecular complexity index is 1790. The van der Waals surface area contributed by atoms with Crippen LogP contribution >= 0.6 is 0 Å². The first kappa shape index (κ1) is 24.4. The van der Waals surface area contributed by atoms with Gasteiger partial charge in [0.05, 0.1) is 16.8 Å². The van der Waals surface area contributed by atoms with E-state index in [0.717, 1.165) is 11.1 Å². The molecule has 0 aliphatic carbocycles. The average molecular weight is 537 g/mol. The Morgan fingerprint density at radius 3 is 2.13 bits per heavy atom. The third-order valence-electron chi connectivity index (χ3n) is 6.14. The van der Waals surface area contributed by atoms with Crippen LogP contribution in [-0.4, -0.2) is 28.4 Å². The Balaban J connectivity index is 1.27. The normalized spacial score (nSPS) is 11.5. The molecule has 0 radical (unpaired) electrons. The number of halogens is 1. The highest BCUT2D eigenvalue weighted by Crippen LogP contribution is 2.33. The van der Waals surface area contributed by atoms with Gasteiger partial charge in [0.2, 0.25) is 5.89 Å². The Labute approximate surface area is 224 Å². The molecule has 6 aromatic rings. The van der Waals surface area contributed by atoms with Gasteiger partial charge in [0, 0.05) is 16.7 Å². The number of sulfone groups is 1. The monoisotopic (exact) mass is 536 g/mol. The number of nitrogens with zero attached hydrogens (tertiary/aromatic N) is 4. The molecule has 0 saturated heterocycles. The lowest BCUT2D eigenvalue weighted by molar-refractivity contribution is 0.519. The van der Waals surface area contributed by atoms with Crippen molar-refractivity contribution in [1.29, 1.82) is 0 Å². The smallest absolute Gasteiger partial charge is 0.211 e. The van der Waals surface area contributed by atoms with Gasteiger partial charge >= 0.3 is 0 Å². The van der Waals surface area contributed by atoms with Crippen LogP contribution < -0.4 is 0 Å². The highest BCUT2D eigenvalue weighted by Gasteiger charge is 2.23. The van der Waals surface area contributed by atoms with E-state index in [0.29, 0.717) is 28.4 Å². The Morgan fingerprint density at radius 1 is 0.769 bits per heavy atom. The van der Waals surface area contributed by atoms with Gasteiger partial charge in [0.25, 0.3) is 0 Å². The van der Waals surface area contributed by atoms with Crippen molar-refractivity contribution < 1.29 is 17.2 Å². The molecule has 0 aliphatic heterocycles. The first-order chi connectivity index (χ1) is 19.0. The second-order valence-electron chi connectivity index (χ2n) is 8.83. The van der Waals surface area contributed by atoms with Crippen molar-refractivity contribution >= 4 is 9.84 Å². The maximum atomic E-state index is 13.6. The summed E-state index contributed by atoms with van der Waals surface area (Å²) < 4.78 is 47.7. The van der Waals surface area contributed by atoms with Crippen LogP contribution in [0.3, 0.4) is 0 Å². The zero-order chi connectivity index (χ0) is 26.8. The lowest BCUT2D eigenvalue weighted by Crippen LogP contribution is -2.06. The fraction of sp³-hybridized carbons (Fsp3) is 0.0333. The van der Waals surface area contributed by atoms with Gasteiger partial charge in [-0.2, -0.15) is 0 Å². The van der Waals surface area contributed by atoms with Crippen molar-refractivity contribution in [2.24, 2.45) is 0 Å². The summed E-state index contributed by atoms with van der Waals surface area (Å²) in [5.41, 5.74) is 3.93. The van der Waals surface area contributed by atoms with Gasteiger partial charge in [-0.1, -0.05) is 78.0 Å². The maximum Gasteiger partial charge on any atom is 0.211 e. The highest BCUT2D eigenvalue weighted by atomic mass is 32.2. The molecule has 0 unspecified atom stereocenters. The number of rotatable bonds is 7. The number of hydrogen-bond donors (Lipinski definition) is 0. The molecule has 7 nitrogen and oxygen atoms in total. The number of hydrogen-bond acceptors (Lipinski definition) is 6. The van der Waals surface area contributed by atoms with Crippen LogP contribution in [0.2, 0.25) is 0 Å². The van der Waals surface area contributed by atoms with E-state index >= 15 is 0 Å². The molecule has 4 aromatic carbocycles. The first-order valence-corrected chi connectivity index (χ1v) is 13.7. The zero-order valence-corrected chi connectivity index (χ0v) is 21.3. The van der Waals surface area contributed by atoms with Gasteiger partial charge < -0.3 is 4.42 Å². The summed E-state index contributed by atoms with van der Waals surface area (Å²) in [6.07, 6.45) is 1.65. The van der Waals surface area contributed by atoms with E-state index in [-0.39, 0.29) is 16.6 Å². The van der Waals surface area contributed by atoms with Gasteiger partial charge in [-0.3, -0.25) is 0 Å². The summed E-state index contributed by atoms with van der Waals surface area (Å²) in [4.78, 5) is 4.70. The average Bonchev–Trinajstić information content (AvgIpc) is 3.62. The van der Waals surface area contributed by atoms with E-state index in [1.54, 1.807) is 30.5 Å². The van der Waals surface area contributed by atoms with Crippen LogP contribution in [0.15, 0.2) is 125 Å². The molecule has 0 amide bonds. The zero-order valence-electron chi connectivity index (χ0n) is 20.5. The maximum absolute atomic E-state index is 13.6. The molecule has 2 heterocycles. The number of aromatic nitrogens is 4. The van der Waals surface area contributed by atoms with E-state index in [4.69, 9.17) is 4.42 Å². The van der Waals surface area contributed by atoms with Crippen LogP contribution in [-0.2, 0) is 15.6 Å². The fourth-order valence-electron chi connectivity index (χ4n) is 4.23. The fourth-order valence-corrected chi connectivity index (χ4v) is 5.39. The lowest BCUT2D eigenvalue weighted by Gasteiger charge is -2.04. The minimum absolute atomic E-state index is 0.104. The molecule has 0 fully saturated rings. The minimum Gasteiger partial charge on any atom is -0.439 e. The van der Waals surface area contributed by atoms with Crippen molar-refractivity contribution in [3.05, 3.63) is 127 Å². The van der Waals surface area contributed by atoms with E-state index in [1.807, 2.05) is 60.7 Å². The molecule has 0 N–H and O–H groups in total. The van der Waals surface area contributed by atoms with Crippen LogP contribution in [0.5, 0.6) is 0 Å². The molecular weight excluding hydrogens is 515 g/mol. The summed E-state index contributed by atoms with van der Waals surface area (Å²) in [7, 11) is -3.77. The summed E-state index contributed by atoms with van der Waals surface area (Å²) >= 11 is 0. The quantitative estimate of drug-likeness (QED) is 0.236. The standard InChI is InChI=1S/C30H21FN4O3S/c31-24-13-7-12-23(18-24)27-19-35(34-33-27)25-14-16-26(17-15-25)39(36,37)20-28-32-29(21-8-3-1-4-9-21)30(38-28)22-10-5-2-6-11-22/h1-19H,20H2. The van der Waals surface area contributed by atoms with Gasteiger partial charge in [-0.05, 0) is 36.4 Å². The SMILES string of the molecule is O=S(=O)(Cc1nc(-c2ccccc2)c(-c2ccccc2)o1)c1ccc(-n2cc(-c3cccc(F)c3)nn2)cc1. The molecule has 0 atom stereocenters. The molecule has 39 heavy (non-hydrogen) atoms. The predicted octanol–water partition coefficient (Wildman–Crippen LogP) is 6.37.